The highest BCUT2D eigenvalue weighted by Crippen LogP contribution is 2.44. The summed E-state index contributed by atoms with van der Waals surface area (Å²) in [5.74, 6) is -5.28. The van der Waals surface area contributed by atoms with Crippen molar-refractivity contribution in [1.82, 2.24) is 0 Å². The Morgan fingerprint density at radius 1 is 0.957 bits per heavy atom. The van der Waals surface area contributed by atoms with Crippen molar-refractivity contribution in [1.29, 1.82) is 0 Å². The molecule has 1 unspecified atom stereocenters. The molecule has 2 nitrogen and oxygen atoms in total. The second-order valence-corrected chi connectivity index (χ2v) is 5.63. The molecule has 3 rings (SSSR count). The Bertz CT molecular complexity index is 825. The van der Waals surface area contributed by atoms with Crippen LogP contribution in [-0.4, -0.2) is 5.97 Å². The minimum absolute atomic E-state index is 0.0305. The van der Waals surface area contributed by atoms with Crippen molar-refractivity contribution in [2.24, 2.45) is 0 Å². The SMILES string of the molecule is O=C1OC(c2ccccc2F)C(Br)=C1c1c(F)cc(F)cc1F. The van der Waals surface area contributed by atoms with Crippen molar-refractivity contribution >= 4 is 27.5 Å². The third-order valence-electron chi connectivity index (χ3n) is 3.34. The van der Waals surface area contributed by atoms with Gasteiger partial charge in [0.25, 0.3) is 0 Å². The van der Waals surface area contributed by atoms with E-state index in [-0.39, 0.29) is 10.0 Å². The number of esters is 1. The zero-order valence-corrected chi connectivity index (χ0v) is 12.8. The summed E-state index contributed by atoms with van der Waals surface area (Å²) in [6.07, 6.45) is -1.16. The first kappa shape index (κ1) is 15.7. The van der Waals surface area contributed by atoms with Crippen LogP contribution in [-0.2, 0) is 9.53 Å². The van der Waals surface area contributed by atoms with Gasteiger partial charge in [-0.25, -0.2) is 22.4 Å². The van der Waals surface area contributed by atoms with Gasteiger partial charge in [-0.05, 0) is 6.07 Å². The van der Waals surface area contributed by atoms with Crippen LogP contribution in [0, 0.1) is 23.3 Å². The number of benzene rings is 2. The fourth-order valence-corrected chi connectivity index (χ4v) is 3.04. The Labute approximate surface area is 136 Å². The number of hydrogen-bond acceptors (Lipinski definition) is 2. The highest BCUT2D eigenvalue weighted by atomic mass is 79.9. The van der Waals surface area contributed by atoms with Gasteiger partial charge in [-0.1, -0.05) is 34.1 Å². The van der Waals surface area contributed by atoms with Crippen molar-refractivity contribution in [2.45, 2.75) is 6.10 Å². The summed E-state index contributed by atoms with van der Waals surface area (Å²) in [6, 6.07) is 6.44. The molecule has 0 saturated carbocycles. The monoisotopic (exact) mass is 386 g/mol. The van der Waals surface area contributed by atoms with Crippen LogP contribution in [0.3, 0.4) is 0 Å². The van der Waals surface area contributed by atoms with Crippen LogP contribution < -0.4 is 0 Å². The fraction of sp³-hybridized carbons (Fsp3) is 0.0625. The summed E-state index contributed by atoms with van der Waals surface area (Å²) in [6.45, 7) is 0. The predicted octanol–water partition coefficient (Wildman–Crippen LogP) is 4.65. The van der Waals surface area contributed by atoms with E-state index < -0.39 is 46.5 Å². The zero-order valence-electron chi connectivity index (χ0n) is 11.2. The maximum atomic E-state index is 13.9. The predicted molar refractivity (Wildman–Crippen MR) is 77.4 cm³/mol. The number of hydrogen-bond donors (Lipinski definition) is 0. The molecule has 1 heterocycles. The summed E-state index contributed by atoms with van der Waals surface area (Å²) in [7, 11) is 0. The van der Waals surface area contributed by atoms with E-state index >= 15 is 0 Å². The van der Waals surface area contributed by atoms with Crippen LogP contribution in [0.25, 0.3) is 5.57 Å². The van der Waals surface area contributed by atoms with Gasteiger partial charge in [0.1, 0.15) is 23.3 Å². The maximum absolute atomic E-state index is 13.9. The van der Waals surface area contributed by atoms with Crippen LogP contribution in [0.5, 0.6) is 0 Å². The molecule has 0 amide bonds. The molecule has 0 saturated heterocycles. The molecule has 0 spiro atoms. The standard InChI is InChI=1S/C16H7BrF4O2/c17-14-13(12-10(20)5-7(18)6-11(12)21)16(22)23-15(14)8-3-1-2-4-9(8)19/h1-6,15H. The molecule has 1 aliphatic rings. The number of cyclic esters (lactones) is 1. The van der Waals surface area contributed by atoms with E-state index in [1.165, 1.54) is 24.3 Å². The largest absolute Gasteiger partial charge is 0.448 e. The van der Waals surface area contributed by atoms with Gasteiger partial charge in [0.15, 0.2) is 6.10 Å². The molecule has 0 aromatic heterocycles. The van der Waals surface area contributed by atoms with Gasteiger partial charge in [-0.15, -0.1) is 0 Å². The lowest BCUT2D eigenvalue weighted by molar-refractivity contribution is -0.138. The molecular weight excluding hydrogens is 380 g/mol. The van der Waals surface area contributed by atoms with Crippen LogP contribution in [0.1, 0.15) is 17.2 Å². The number of carbonyl (C=O) groups is 1. The van der Waals surface area contributed by atoms with Crippen molar-refractivity contribution in [3.63, 3.8) is 0 Å². The molecule has 2 aromatic rings. The first-order valence-electron chi connectivity index (χ1n) is 6.40. The van der Waals surface area contributed by atoms with Crippen molar-refractivity contribution < 1.29 is 27.1 Å². The van der Waals surface area contributed by atoms with Crippen LogP contribution >= 0.6 is 15.9 Å². The van der Waals surface area contributed by atoms with Crippen LogP contribution in [0.15, 0.2) is 40.9 Å². The molecule has 118 valence electrons. The minimum Gasteiger partial charge on any atom is -0.448 e. The van der Waals surface area contributed by atoms with Crippen molar-refractivity contribution in [3.8, 4) is 0 Å². The summed E-state index contributed by atoms with van der Waals surface area (Å²) < 4.78 is 59.7. The third kappa shape index (κ3) is 2.65. The molecule has 7 heteroatoms. The lowest BCUT2D eigenvalue weighted by atomic mass is 10.0. The smallest absolute Gasteiger partial charge is 0.340 e. The molecule has 0 aliphatic carbocycles. The summed E-state index contributed by atoms with van der Waals surface area (Å²) >= 11 is 3.05. The third-order valence-corrected chi connectivity index (χ3v) is 4.15. The van der Waals surface area contributed by atoms with Gasteiger partial charge in [-0.2, -0.15) is 0 Å². The number of halogens is 5. The highest BCUT2D eigenvalue weighted by molar-refractivity contribution is 9.11. The molecule has 0 radical (unpaired) electrons. The summed E-state index contributed by atoms with van der Waals surface area (Å²) in [4.78, 5) is 12.0. The van der Waals surface area contributed by atoms with Gasteiger partial charge in [-0.3, -0.25) is 0 Å². The first-order chi connectivity index (χ1) is 10.9. The average molecular weight is 387 g/mol. The summed E-state index contributed by atoms with van der Waals surface area (Å²) in [5, 5.41) is 0. The molecular formula is C16H7BrF4O2. The van der Waals surface area contributed by atoms with Gasteiger partial charge in [0.05, 0.1) is 15.6 Å². The van der Waals surface area contributed by atoms with Gasteiger partial charge < -0.3 is 4.74 Å². The Morgan fingerprint density at radius 3 is 2.17 bits per heavy atom. The second-order valence-electron chi connectivity index (χ2n) is 4.77. The molecule has 0 fully saturated rings. The number of carbonyl (C=O) groups excluding carboxylic acids is 1. The van der Waals surface area contributed by atoms with Gasteiger partial charge in [0.2, 0.25) is 0 Å². The molecule has 0 N–H and O–H groups in total. The Balaban J connectivity index is 2.16. The lowest BCUT2D eigenvalue weighted by Crippen LogP contribution is -2.06. The van der Waals surface area contributed by atoms with E-state index in [0.717, 1.165) is 0 Å². The Hall–Kier alpha value is -2.15. The van der Waals surface area contributed by atoms with E-state index in [2.05, 4.69) is 15.9 Å². The van der Waals surface area contributed by atoms with E-state index in [0.29, 0.717) is 12.1 Å². The van der Waals surface area contributed by atoms with Crippen molar-refractivity contribution in [2.75, 3.05) is 0 Å². The van der Waals surface area contributed by atoms with E-state index in [4.69, 9.17) is 4.74 Å². The minimum atomic E-state index is -1.25. The zero-order chi connectivity index (χ0) is 16.7. The highest BCUT2D eigenvalue weighted by Gasteiger charge is 2.38. The topological polar surface area (TPSA) is 26.3 Å². The van der Waals surface area contributed by atoms with Gasteiger partial charge in [0, 0.05) is 17.7 Å². The second kappa shape index (κ2) is 5.81. The normalized spacial score (nSPS) is 17.6. The first-order valence-corrected chi connectivity index (χ1v) is 7.19. The van der Waals surface area contributed by atoms with E-state index in [1.54, 1.807) is 0 Å². The number of ether oxygens (including phenoxy) is 1. The summed E-state index contributed by atoms with van der Waals surface area (Å²) in [5.41, 5.74) is -1.12. The van der Waals surface area contributed by atoms with Crippen LogP contribution in [0.2, 0.25) is 0 Å². The number of rotatable bonds is 2. The van der Waals surface area contributed by atoms with Crippen molar-refractivity contribution in [3.05, 3.63) is 75.3 Å². The Kier molecular flexibility index (Phi) is 3.97. The van der Waals surface area contributed by atoms with Gasteiger partial charge >= 0.3 is 5.97 Å². The maximum Gasteiger partial charge on any atom is 0.340 e. The molecule has 1 atom stereocenters. The fourth-order valence-electron chi connectivity index (χ4n) is 2.34. The Morgan fingerprint density at radius 2 is 1.57 bits per heavy atom. The molecule has 0 bridgehead atoms. The van der Waals surface area contributed by atoms with E-state index in [9.17, 15) is 22.4 Å². The average Bonchev–Trinajstić information content (AvgIpc) is 2.75. The molecule has 2 aromatic carbocycles. The van der Waals surface area contributed by atoms with E-state index in [1.807, 2.05) is 0 Å². The molecule has 23 heavy (non-hydrogen) atoms. The van der Waals surface area contributed by atoms with Crippen LogP contribution in [0.4, 0.5) is 17.6 Å². The molecule has 1 aliphatic heterocycles. The lowest BCUT2D eigenvalue weighted by Gasteiger charge is -2.11. The quantitative estimate of drug-likeness (QED) is 0.554.